The summed E-state index contributed by atoms with van der Waals surface area (Å²) < 4.78 is 25.9. The van der Waals surface area contributed by atoms with Crippen molar-refractivity contribution in [1.82, 2.24) is 4.98 Å². The SMILES string of the molecule is Cc1cccc2c(Cl)cc(C(F)(F)Cl)nc12. The molecule has 1 aromatic carbocycles. The number of pyridine rings is 1. The van der Waals surface area contributed by atoms with E-state index < -0.39 is 11.1 Å². The molecule has 1 heterocycles. The van der Waals surface area contributed by atoms with Crippen molar-refractivity contribution < 1.29 is 8.78 Å². The molecular formula is C11H7Cl2F2N. The minimum absolute atomic E-state index is 0.226. The molecular weight excluding hydrogens is 255 g/mol. The topological polar surface area (TPSA) is 12.9 Å². The van der Waals surface area contributed by atoms with Crippen LogP contribution in [-0.2, 0) is 5.38 Å². The largest absolute Gasteiger partial charge is 0.364 e. The first-order valence-electron chi connectivity index (χ1n) is 4.52. The Morgan fingerprint density at radius 1 is 1.31 bits per heavy atom. The molecule has 5 heteroatoms. The van der Waals surface area contributed by atoms with Crippen LogP contribution in [0.25, 0.3) is 10.9 Å². The van der Waals surface area contributed by atoms with Crippen LogP contribution in [-0.4, -0.2) is 4.98 Å². The first-order chi connectivity index (χ1) is 7.39. The Bertz CT molecular complexity index is 549. The van der Waals surface area contributed by atoms with Gasteiger partial charge in [0.1, 0.15) is 5.69 Å². The highest BCUT2D eigenvalue weighted by atomic mass is 35.5. The van der Waals surface area contributed by atoms with Gasteiger partial charge in [-0.2, -0.15) is 8.78 Å². The van der Waals surface area contributed by atoms with E-state index in [0.29, 0.717) is 10.9 Å². The second-order valence-electron chi connectivity index (χ2n) is 3.46. The molecule has 0 saturated carbocycles. The summed E-state index contributed by atoms with van der Waals surface area (Å²) in [6, 6.07) is 6.40. The van der Waals surface area contributed by atoms with Gasteiger partial charge < -0.3 is 0 Å². The molecule has 0 bridgehead atoms. The van der Waals surface area contributed by atoms with Crippen LogP contribution in [0.3, 0.4) is 0 Å². The maximum atomic E-state index is 12.9. The lowest BCUT2D eigenvalue weighted by Crippen LogP contribution is -2.06. The quantitative estimate of drug-likeness (QED) is 0.690. The summed E-state index contributed by atoms with van der Waals surface area (Å²) in [7, 11) is 0. The standard InChI is InChI=1S/C11H7Cl2F2N/c1-6-3-2-4-7-8(12)5-9(11(13,14)15)16-10(6)7/h2-5H,1H3. The number of alkyl halides is 3. The van der Waals surface area contributed by atoms with E-state index in [1.807, 2.05) is 0 Å². The van der Waals surface area contributed by atoms with E-state index in [1.54, 1.807) is 25.1 Å². The zero-order valence-corrected chi connectivity index (χ0v) is 9.78. The number of aromatic nitrogens is 1. The van der Waals surface area contributed by atoms with Crippen molar-refractivity contribution >= 4 is 34.1 Å². The lowest BCUT2D eigenvalue weighted by molar-refractivity contribution is 0.0904. The number of benzene rings is 1. The molecule has 0 atom stereocenters. The van der Waals surface area contributed by atoms with Crippen LogP contribution in [0.15, 0.2) is 24.3 Å². The summed E-state index contributed by atoms with van der Waals surface area (Å²) in [5.41, 5.74) is 0.702. The maximum absolute atomic E-state index is 12.9. The molecule has 0 aliphatic carbocycles. The van der Waals surface area contributed by atoms with Crippen molar-refractivity contribution in [3.05, 3.63) is 40.5 Å². The molecule has 0 aliphatic rings. The number of hydrogen-bond acceptors (Lipinski definition) is 1. The van der Waals surface area contributed by atoms with E-state index >= 15 is 0 Å². The second-order valence-corrected chi connectivity index (χ2v) is 4.34. The molecule has 16 heavy (non-hydrogen) atoms. The maximum Gasteiger partial charge on any atom is 0.364 e. The highest BCUT2D eigenvalue weighted by Crippen LogP contribution is 2.35. The molecule has 0 aliphatic heterocycles. The van der Waals surface area contributed by atoms with Gasteiger partial charge in [-0.1, -0.05) is 29.8 Å². The Balaban J connectivity index is 2.81. The van der Waals surface area contributed by atoms with E-state index in [0.717, 1.165) is 11.6 Å². The summed E-state index contributed by atoms with van der Waals surface area (Å²) in [6.45, 7) is 1.78. The summed E-state index contributed by atoms with van der Waals surface area (Å²) in [4.78, 5) is 3.84. The van der Waals surface area contributed by atoms with E-state index in [-0.39, 0.29) is 5.02 Å². The molecule has 1 aromatic heterocycles. The molecule has 0 N–H and O–H groups in total. The zero-order chi connectivity index (χ0) is 11.9. The average Bonchev–Trinajstić information content (AvgIpc) is 2.18. The summed E-state index contributed by atoms with van der Waals surface area (Å²) in [5, 5.41) is -2.63. The molecule has 2 aromatic rings. The molecule has 2 rings (SSSR count). The van der Waals surface area contributed by atoms with E-state index in [1.165, 1.54) is 0 Å². The minimum Gasteiger partial charge on any atom is -0.245 e. The minimum atomic E-state index is -3.50. The molecule has 0 amide bonds. The third-order valence-electron chi connectivity index (χ3n) is 2.28. The van der Waals surface area contributed by atoms with Gasteiger partial charge in [-0.15, -0.1) is 0 Å². The summed E-state index contributed by atoms with van der Waals surface area (Å²) in [6.07, 6.45) is 0. The van der Waals surface area contributed by atoms with Crippen LogP contribution < -0.4 is 0 Å². The summed E-state index contributed by atoms with van der Waals surface area (Å²) >= 11 is 10.8. The third kappa shape index (κ3) is 1.97. The van der Waals surface area contributed by atoms with Gasteiger partial charge in [0.2, 0.25) is 0 Å². The van der Waals surface area contributed by atoms with Crippen molar-refractivity contribution in [3.63, 3.8) is 0 Å². The van der Waals surface area contributed by atoms with Gasteiger partial charge in [-0.05, 0) is 30.2 Å². The molecule has 0 saturated heterocycles. The number of nitrogens with zero attached hydrogens (tertiary/aromatic N) is 1. The Morgan fingerprint density at radius 3 is 2.62 bits per heavy atom. The van der Waals surface area contributed by atoms with Crippen LogP contribution >= 0.6 is 23.2 Å². The predicted octanol–water partition coefficient (Wildman–Crippen LogP) is 4.48. The first-order valence-corrected chi connectivity index (χ1v) is 5.28. The number of rotatable bonds is 1. The van der Waals surface area contributed by atoms with Crippen molar-refractivity contribution in [3.8, 4) is 0 Å². The fraction of sp³-hybridized carbons (Fsp3) is 0.182. The van der Waals surface area contributed by atoms with Gasteiger partial charge in [0.15, 0.2) is 0 Å². The number of aryl methyl sites for hydroxylation is 1. The van der Waals surface area contributed by atoms with E-state index in [9.17, 15) is 8.78 Å². The Kier molecular flexibility index (Phi) is 2.76. The number of halogens is 4. The molecule has 0 radical (unpaired) electrons. The van der Waals surface area contributed by atoms with E-state index in [4.69, 9.17) is 23.2 Å². The monoisotopic (exact) mass is 261 g/mol. The van der Waals surface area contributed by atoms with Gasteiger partial charge >= 0.3 is 5.38 Å². The Hall–Kier alpha value is -0.930. The predicted molar refractivity (Wildman–Crippen MR) is 61.2 cm³/mol. The number of para-hydroxylation sites is 1. The normalized spacial score (nSPS) is 12.1. The lowest BCUT2D eigenvalue weighted by Gasteiger charge is -2.10. The average molecular weight is 262 g/mol. The van der Waals surface area contributed by atoms with Crippen molar-refractivity contribution in [1.29, 1.82) is 0 Å². The van der Waals surface area contributed by atoms with Crippen LogP contribution in [0, 0.1) is 6.92 Å². The van der Waals surface area contributed by atoms with Crippen LogP contribution in [0.1, 0.15) is 11.3 Å². The van der Waals surface area contributed by atoms with Gasteiger partial charge in [0.25, 0.3) is 0 Å². The zero-order valence-electron chi connectivity index (χ0n) is 8.27. The number of hydrogen-bond donors (Lipinski definition) is 0. The highest BCUT2D eigenvalue weighted by Gasteiger charge is 2.30. The van der Waals surface area contributed by atoms with Gasteiger partial charge in [-0.3, -0.25) is 0 Å². The highest BCUT2D eigenvalue weighted by molar-refractivity contribution is 6.35. The third-order valence-corrected chi connectivity index (χ3v) is 2.79. The van der Waals surface area contributed by atoms with Gasteiger partial charge in [0, 0.05) is 5.39 Å². The fourth-order valence-electron chi connectivity index (χ4n) is 1.50. The van der Waals surface area contributed by atoms with Crippen LogP contribution in [0.4, 0.5) is 8.78 Å². The molecule has 84 valence electrons. The van der Waals surface area contributed by atoms with E-state index in [2.05, 4.69) is 4.98 Å². The lowest BCUT2D eigenvalue weighted by atomic mass is 10.1. The Labute approximate surface area is 101 Å². The number of fused-ring (bicyclic) bond motifs is 1. The molecule has 1 nitrogen and oxygen atoms in total. The smallest absolute Gasteiger partial charge is 0.245 e. The molecule has 0 spiro atoms. The van der Waals surface area contributed by atoms with Crippen LogP contribution in [0.2, 0.25) is 5.02 Å². The Morgan fingerprint density at radius 2 is 2.00 bits per heavy atom. The van der Waals surface area contributed by atoms with Gasteiger partial charge in [-0.25, -0.2) is 4.98 Å². The molecule has 0 unspecified atom stereocenters. The molecule has 0 fully saturated rings. The first kappa shape index (κ1) is 11.6. The summed E-state index contributed by atoms with van der Waals surface area (Å²) in [5.74, 6) is 0. The van der Waals surface area contributed by atoms with Crippen molar-refractivity contribution in [2.45, 2.75) is 12.3 Å². The van der Waals surface area contributed by atoms with Crippen molar-refractivity contribution in [2.24, 2.45) is 0 Å². The van der Waals surface area contributed by atoms with Gasteiger partial charge in [0.05, 0.1) is 10.5 Å². The van der Waals surface area contributed by atoms with Crippen molar-refractivity contribution in [2.75, 3.05) is 0 Å². The van der Waals surface area contributed by atoms with Crippen LogP contribution in [0.5, 0.6) is 0 Å². The fourth-order valence-corrected chi connectivity index (χ4v) is 1.85. The second kappa shape index (κ2) is 3.82.